The van der Waals surface area contributed by atoms with Crippen LogP contribution < -0.4 is 15.8 Å². The second kappa shape index (κ2) is 4.53. The lowest BCUT2D eigenvalue weighted by Gasteiger charge is -2.10. The predicted molar refractivity (Wildman–Crippen MR) is 62.7 cm³/mol. The van der Waals surface area contributed by atoms with Gasteiger partial charge in [-0.1, -0.05) is 0 Å². The van der Waals surface area contributed by atoms with E-state index < -0.39 is 0 Å². The van der Waals surface area contributed by atoms with Gasteiger partial charge in [0.2, 0.25) is 0 Å². The number of nitrogens with two attached hydrogens (primary N) is 1. The Bertz CT molecular complexity index is 398. The third-order valence-corrected chi connectivity index (χ3v) is 2.96. The van der Waals surface area contributed by atoms with Gasteiger partial charge in [-0.2, -0.15) is 0 Å². The van der Waals surface area contributed by atoms with E-state index in [1.165, 1.54) is 0 Å². The first kappa shape index (κ1) is 11.0. The zero-order chi connectivity index (χ0) is 11.5. The van der Waals surface area contributed by atoms with Crippen molar-refractivity contribution in [3.05, 3.63) is 23.8 Å². The first-order valence-electron chi connectivity index (χ1n) is 5.41. The maximum Gasteiger partial charge on any atom is 0.169 e. The molecule has 1 aromatic carbocycles. The van der Waals surface area contributed by atoms with Crippen LogP contribution in [0, 0.1) is 5.92 Å². The van der Waals surface area contributed by atoms with Crippen molar-refractivity contribution in [1.29, 1.82) is 0 Å². The average molecular weight is 220 g/mol. The summed E-state index contributed by atoms with van der Waals surface area (Å²) in [5.41, 5.74) is 6.95. The number of anilines is 1. The molecule has 1 atom stereocenters. The standard InChI is InChI=1S/C12H16N2O2/c1-16-9-2-3-10(11(13)6-9)12(15)8-4-5-14-7-8/h2-3,6,8,14H,4-5,7,13H2,1H3. The molecule has 0 aromatic heterocycles. The quantitative estimate of drug-likeness (QED) is 0.590. The van der Waals surface area contributed by atoms with Crippen LogP contribution in [0.15, 0.2) is 18.2 Å². The molecule has 3 N–H and O–H groups in total. The summed E-state index contributed by atoms with van der Waals surface area (Å²) in [6.45, 7) is 1.66. The van der Waals surface area contributed by atoms with Gasteiger partial charge >= 0.3 is 0 Å². The van der Waals surface area contributed by atoms with E-state index in [0.717, 1.165) is 19.5 Å². The van der Waals surface area contributed by atoms with Crippen LogP contribution in [-0.2, 0) is 0 Å². The van der Waals surface area contributed by atoms with Crippen LogP contribution >= 0.6 is 0 Å². The molecule has 1 aliphatic heterocycles. The molecule has 0 saturated carbocycles. The molecule has 0 radical (unpaired) electrons. The molecule has 1 heterocycles. The first-order chi connectivity index (χ1) is 7.72. The lowest BCUT2D eigenvalue weighted by atomic mass is 9.96. The number of ketones is 1. The Balaban J connectivity index is 2.22. The molecule has 1 unspecified atom stereocenters. The van der Waals surface area contributed by atoms with Gasteiger partial charge in [-0.3, -0.25) is 4.79 Å². The van der Waals surface area contributed by atoms with Crippen LogP contribution in [0.2, 0.25) is 0 Å². The molecule has 4 heteroatoms. The fourth-order valence-electron chi connectivity index (χ4n) is 1.99. The zero-order valence-corrected chi connectivity index (χ0v) is 9.32. The van der Waals surface area contributed by atoms with E-state index in [1.807, 2.05) is 0 Å². The van der Waals surface area contributed by atoms with Crippen LogP contribution in [0.3, 0.4) is 0 Å². The summed E-state index contributed by atoms with van der Waals surface area (Å²) in [4.78, 5) is 12.1. The second-order valence-electron chi connectivity index (χ2n) is 4.01. The molecule has 0 amide bonds. The Hall–Kier alpha value is -1.55. The van der Waals surface area contributed by atoms with E-state index in [1.54, 1.807) is 25.3 Å². The van der Waals surface area contributed by atoms with Gasteiger partial charge in [-0.25, -0.2) is 0 Å². The van der Waals surface area contributed by atoms with Crippen molar-refractivity contribution < 1.29 is 9.53 Å². The highest BCUT2D eigenvalue weighted by Crippen LogP contribution is 2.24. The fraction of sp³-hybridized carbons (Fsp3) is 0.417. The topological polar surface area (TPSA) is 64.3 Å². The average Bonchev–Trinajstić information content (AvgIpc) is 2.81. The van der Waals surface area contributed by atoms with Crippen LogP contribution in [0.25, 0.3) is 0 Å². The largest absolute Gasteiger partial charge is 0.497 e. The number of nitrogens with one attached hydrogen (secondary N) is 1. The first-order valence-corrected chi connectivity index (χ1v) is 5.41. The van der Waals surface area contributed by atoms with Crippen LogP contribution in [-0.4, -0.2) is 26.0 Å². The Labute approximate surface area is 94.8 Å². The van der Waals surface area contributed by atoms with Crippen molar-refractivity contribution in [1.82, 2.24) is 5.32 Å². The smallest absolute Gasteiger partial charge is 0.169 e. The molecule has 1 saturated heterocycles. The number of carbonyl (C=O) groups excluding carboxylic acids is 1. The highest BCUT2D eigenvalue weighted by molar-refractivity contribution is 6.02. The summed E-state index contributed by atoms with van der Waals surface area (Å²) in [6.07, 6.45) is 0.893. The minimum Gasteiger partial charge on any atom is -0.497 e. The summed E-state index contributed by atoms with van der Waals surface area (Å²) in [5, 5.41) is 3.18. The monoisotopic (exact) mass is 220 g/mol. The van der Waals surface area contributed by atoms with Crippen molar-refractivity contribution in [3.63, 3.8) is 0 Å². The Morgan fingerprint density at radius 1 is 1.56 bits per heavy atom. The maximum atomic E-state index is 12.1. The molecule has 86 valence electrons. The van der Waals surface area contributed by atoms with Crippen molar-refractivity contribution in [2.45, 2.75) is 6.42 Å². The number of ether oxygens (including phenoxy) is 1. The summed E-state index contributed by atoms with van der Waals surface area (Å²) >= 11 is 0. The number of carbonyl (C=O) groups is 1. The van der Waals surface area contributed by atoms with E-state index in [9.17, 15) is 4.79 Å². The van der Waals surface area contributed by atoms with Crippen LogP contribution in [0.1, 0.15) is 16.8 Å². The third kappa shape index (κ3) is 2.02. The molecule has 2 rings (SSSR count). The van der Waals surface area contributed by atoms with Crippen molar-refractivity contribution in [2.75, 3.05) is 25.9 Å². The maximum absolute atomic E-state index is 12.1. The highest BCUT2D eigenvalue weighted by Gasteiger charge is 2.24. The van der Waals surface area contributed by atoms with Crippen molar-refractivity contribution in [2.24, 2.45) is 5.92 Å². The zero-order valence-electron chi connectivity index (χ0n) is 9.32. The van der Waals surface area contributed by atoms with Gasteiger partial charge in [0.1, 0.15) is 5.75 Å². The van der Waals surface area contributed by atoms with E-state index in [2.05, 4.69) is 5.32 Å². The number of nitrogen functional groups attached to an aromatic ring is 1. The number of rotatable bonds is 3. The molecular formula is C12H16N2O2. The third-order valence-electron chi connectivity index (χ3n) is 2.96. The van der Waals surface area contributed by atoms with Gasteiger partial charge in [-0.05, 0) is 25.1 Å². The number of benzene rings is 1. The Kier molecular flexibility index (Phi) is 3.10. The molecule has 0 aliphatic carbocycles. The van der Waals surface area contributed by atoms with Gasteiger partial charge in [0.25, 0.3) is 0 Å². The van der Waals surface area contributed by atoms with E-state index in [-0.39, 0.29) is 11.7 Å². The normalized spacial score (nSPS) is 19.7. The molecular weight excluding hydrogens is 204 g/mol. The molecule has 0 bridgehead atoms. The minimum absolute atomic E-state index is 0.0655. The number of Topliss-reactive ketones (excluding diaryl/α,β-unsaturated/α-hetero) is 1. The fourth-order valence-corrected chi connectivity index (χ4v) is 1.99. The SMILES string of the molecule is COc1ccc(C(=O)C2CCNC2)c(N)c1. The van der Waals surface area contributed by atoms with E-state index in [0.29, 0.717) is 17.0 Å². The van der Waals surface area contributed by atoms with E-state index >= 15 is 0 Å². The summed E-state index contributed by atoms with van der Waals surface area (Å²) < 4.78 is 5.05. The molecule has 0 spiro atoms. The minimum atomic E-state index is 0.0655. The molecule has 1 aromatic rings. The van der Waals surface area contributed by atoms with Crippen LogP contribution in [0.5, 0.6) is 5.75 Å². The number of hydrogen-bond donors (Lipinski definition) is 2. The second-order valence-corrected chi connectivity index (χ2v) is 4.01. The van der Waals surface area contributed by atoms with Gasteiger partial charge in [0.05, 0.1) is 7.11 Å². The lowest BCUT2D eigenvalue weighted by Crippen LogP contribution is -2.19. The summed E-state index contributed by atoms with van der Waals surface area (Å²) in [6, 6.07) is 5.20. The lowest BCUT2D eigenvalue weighted by molar-refractivity contribution is 0.0931. The molecule has 1 aliphatic rings. The van der Waals surface area contributed by atoms with Gasteiger partial charge in [0.15, 0.2) is 5.78 Å². The van der Waals surface area contributed by atoms with Gasteiger partial charge in [0, 0.05) is 29.8 Å². The molecule has 4 nitrogen and oxygen atoms in total. The van der Waals surface area contributed by atoms with Gasteiger partial charge < -0.3 is 15.8 Å². The van der Waals surface area contributed by atoms with Crippen molar-refractivity contribution in [3.8, 4) is 5.75 Å². The highest BCUT2D eigenvalue weighted by atomic mass is 16.5. The van der Waals surface area contributed by atoms with E-state index in [4.69, 9.17) is 10.5 Å². The predicted octanol–water partition coefficient (Wildman–Crippen LogP) is 1.07. The summed E-state index contributed by atoms with van der Waals surface area (Å²) in [7, 11) is 1.58. The Morgan fingerprint density at radius 3 is 2.94 bits per heavy atom. The molecule has 16 heavy (non-hydrogen) atoms. The van der Waals surface area contributed by atoms with Crippen molar-refractivity contribution >= 4 is 11.5 Å². The molecule has 1 fully saturated rings. The van der Waals surface area contributed by atoms with Crippen LogP contribution in [0.4, 0.5) is 5.69 Å². The summed E-state index contributed by atoms with van der Waals surface area (Å²) in [5.74, 6) is 0.874. The number of methoxy groups -OCH3 is 1. The number of hydrogen-bond acceptors (Lipinski definition) is 4. The Morgan fingerprint density at radius 2 is 2.38 bits per heavy atom. The van der Waals surface area contributed by atoms with Gasteiger partial charge in [-0.15, -0.1) is 0 Å².